The summed E-state index contributed by atoms with van der Waals surface area (Å²) in [4.78, 5) is 8.06. The third-order valence-electron chi connectivity index (χ3n) is 1.42. The fourth-order valence-corrected chi connectivity index (χ4v) is 2.23. The van der Waals surface area contributed by atoms with Gasteiger partial charge in [0.1, 0.15) is 11.4 Å². The number of anilines is 1. The number of nitrogen functional groups attached to an aromatic ring is 1. The zero-order chi connectivity index (χ0) is 10.4. The molecule has 7 heteroatoms. The van der Waals surface area contributed by atoms with Gasteiger partial charge in [-0.1, -0.05) is 0 Å². The summed E-state index contributed by atoms with van der Waals surface area (Å²) in [5, 5.41) is 0.852. The molecule has 0 spiro atoms. The molecule has 5 nitrogen and oxygen atoms in total. The Labute approximate surface area is 94.9 Å². The second-order valence-electron chi connectivity index (χ2n) is 2.33. The fourth-order valence-electron chi connectivity index (χ4n) is 0.777. The molecule has 0 aliphatic rings. The van der Waals surface area contributed by atoms with Crippen LogP contribution in [0.5, 0.6) is 0 Å². The first-order valence-corrected chi connectivity index (χ1v) is 5.66. The number of methoxy groups -OCH3 is 1. The molecule has 0 saturated heterocycles. The molecule has 78 valence electrons. The summed E-state index contributed by atoms with van der Waals surface area (Å²) in [5.41, 5.74) is 2.48. The van der Waals surface area contributed by atoms with Gasteiger partial charge in [-0.25, -0.2) is 15.8 Å². The van der Waals surface area contributed by atoms with Crippen molar-refractivity contribution in [2.45, 2.75) is 5.03 Å². The van der Waals surface area contributed by atoms with E-state index in [4.69, 9.17) is 10.6 Å². The second-order valence-corrected chi connectivity index (χ2v) is 4.20. The highest BCUT2D eigenvalue weighted by molar-refractivity contribution is 9.10. The Morgan fingerprint density at radius 3 is 3.07 bits per heavy atom. The van der Waals surface area contributed by atoms with Crippen LogP contribution in [0.15, 0.2) is 15.8 Å². The van der Waals surface area contributed by atoms with Crippen LogP contribution >= 0.6 is 27.7 Å². The Morgan fingerprint density at radius 2 is 2.43 bits per heavy atom. The zero-order valence-electron chi connectivity index (χ0n) is 7.66. The van der Waals surface area contributed by atoms with Gasteiger partial charge in [-0.05, 0) is 15.9 Å². The van der Waals surface area contributed by atoms with Gasteiger partial charge in [-0.15, -0.1) is 11.8 Å². The number of hydrogen-bond acceptors (Lipinski definition) is 6. The Hall–Kier alpha value is -0.370. The van der Waals surface area contributed by atoms with Crippen LogP contribution in [0.2, 0.25) is 0 Å². The minimum Gasteiger partial charge on any atom is -0.384 e. The van der Waals surface area contributed by atoms with Crippen molar-refractivity contribution < 1.29 is 4.74 Å². The quantitative estimate of drug-likeness (QED) is 0.278. The van der Waals surface area contributed by atoms with Gasteiger partial charge in [-0.3, -0.25) is 0 Å². The highest BCUT2D eigenvalue weighted by atomic mass is 79.9. The average Bonchev–Trinajstić information content (AvgIpc) is 2.21. The summed E-state index contributed by atoms with van der Waals surface area (Å²) < 4.78 is 5.72. The van der Waals surface area contributed by atoms with Crippen molar-refractivity contribution in [3.8, 4) is 0 Å². The molecule has 0 bridgehead atoms. The van der Waals surface area contributed by atoms with Gasteiger partial charge in [-0.2, -0.15) is 0 Å². The largest absolute Gasteiger partial charge is 0.384 e. The molecule has 0 radical (unpaired) electrons. The molecule has 3 N–H and O–H groups in total. The average molecular weight is 279 g/mol. The van der Waals surface area contributed by atoms with E-state index >= 15 is 0 Å². The molecule has 0 atom stereocenters. The van der Waals surface area contributed by atoms with E-state index in [9.17, 15) is 0 Å². The van der Waals surface area contributed by atoms with Gasteiger partial charge in [0, 0.05) is 12.9 Å². The number of halogens is 1. The second kappa shape index (κ2) is 6.18. The monoisotopic (exact) mass is 278 g/mol. The van der Waals surface area contributed by atoms with Crippen LogP contribution < -0.4 is 11.3 Å². The third-order valence-corrected chi connectivity index (χ3v) is 3.39. The van der Waals surface area contributed by atoms with E-state index in [0.29, 0.717) is 12.4 Å². The predicted molar refractivity (Wildman–Crippen MR) is 60.1 cm³/mol. The van der Waals surface area contributed by atoms with Crippen LogP contribution in [0.1, 0.15) is 0 Å². The molecule has 14 heavy (non-hydrogen) atoms. The van der Waals surface area contributed by atoms with Crippen molar-refractivity contribution in [2.75, 3.05) is 24.9 Å². The van der Waals surface area contributed by atoms with Gasteiger partial charge >= 0.3 is 0 Å². The van der Waals surface area contributed by atoms with Crippen LogP contribution in [0.25, 0.3) is 0 Å². The van der Waals surface area contributed by atoms with E-state index in [2.05, 4.69) is 31.3 Å². The normalized spacial score (nSPS) is 10.2. The molecule has 0 fully saturated rings. The molecule has 0 aromatic carbocycles. The molecular weight excluding hydrogens is 268 g/mol. The lowest BCUT2D eigenvalue weighted by atomic mass is 10.6. The molecule has 0 saturated carbocycles. The molecule has 0 unspecified atom stereocenters. The van der Waals surface area contributed by atoms with Crippen molar-refractivity contribution in [3.63, 3.8) is 0 Å². The van der Waals surface area contributed by atoms with Crippen LogP contribution in [0.3, 0.4) is 0 Å². The van der Waals surface area contributed by atoms with Gasteiger partial charge in [0.2, 0.25) is 0 Å². The van der Waals surface area contributed by atoms with Crippen LogP contribution in [0.4, 0.5) is 5.82 Å². The fraction of sp³-hybridized carbons (Fsp3) is 0.429. The molecule has 0 aliphatic heterocycles. The minimum absolute atomic E-state index is 0.583. The van der Waals surface area contributed by atoms with Gasteiger partial charge < -0.3 is 10.2 Å². The van der Waals surface area contributed by atoms with Crippen molar-refractivity contribution in [1.29, 1.82) is 0 Å². The molecule has 1 aromatic rings. The number of hydrazine groups is 1. The molecule has 1 aromatic heterocycles. The Morgan fingerprint density at radius 1 is 1.64 bits per heavy atom. The summed E-state index contributed by atoms with van der Waals surface area (Å²) >= 11 is 4.95. The van der Waals surface area contributed by atoms with Crippen LogP contribution in [0, 0.1) is 0 Å². The highest BCUT2D eigenvalue weighted by Crippen LogP contribution is 2.29. The standard InChI is InChI=1S/C7H11BrN4OS/c1-13-2-3-14-7-5(8)6(12-9)10-4-11-7/h4H,2-3,9H2,1H3,(H,10,11,12). The van der Waals surface area contributed by atoms with Gasteiger partial charge in [0.15, 0.2) is 5.82 Å². The van der Waals surface area contributed by atoms with Crippen LogP contribution in [-0.2, 0) is 4.74 Å². The number of nitrogens with two attached hydrogens (primary N) is 1. The van der Waals surface area contributed by atoms with Crippen molar-refractivity contribution in [2.24, 2.45) is 5.84 Å². The first-order chi connectivity index (χ1) is 6.79. The number of hydrogen-bond donors (Lipinski definition) is 2. The van der Waals surface area contributed by atoms with Gasteiger partial charge in [0.05, 0.1) is 11.1 Å². The van der Waals surface area contributed by atoms with Crippen molar-refractivity contribution >= 4 is 33.5 Å². The van der Waals surface area contributed by atoms with E-state index in [1.165, 1.54) is 6.33 Å². The molecule has 1 rings (SSSR count). The van der Waals surface area contributed by atoms with E-state index in [-0.39, 0.29) is 0 Å². The Kier molecular flexibility index (Phi) is 5.16. The number of aromatic nitrogens is 2. The van der Waals surface area contributed by atoms with Crippen LogP contribution in [-0.4, -0.2) is 29.4 Å². The van der Waals surface area contributed by atoms with Crippen molar-refractivity contribution in [3.05, 3.63) is 10.8 Å². The maximum Gasteiger partial charge on any atom is 0.158 e. The molecule has 1 heterocycles. The Balaban J connectivity index is 2.66. The highest BCUT2D eigenvalue weighted by Gasteiger charge is 2.07. The van der Waals surface area contributed by atoms with Crippen molar-refractivity contribution in [1.82, 2.24) is 9.97 Å². The maximum atomic E-state index is 5.27. The van der Waals surface area contributed by atoms with E-state index in [1.807, 2.05) is 0 Å². The number of nitrogens with one attached hydrogen (secondary N) is 1. The summed E-state index contributed by atoms with van der Waals surface area (Å²) in [6, 6.07) is 0. The van der Waals surface area contributed by atoms with E-state index < -0.39 is 0 Å². The number of thioether (sulfide) groups is 1. The first-order valence-electron chi connectivity index (χ1n) is 3.88. The SMILES string of the molecule is COCCSc1ncnc(NN)c1Br. The molecular formula is C7H11BrN4OS. The lowest BCUT2D eigenvalue weighted by molar-refractivity contribution is 0.218. The minimum atomic E-state index is 0.583. The van der Waals surface area contributed by atoms with E-state index in [0.717, 1.165) is 15.3 Å². The van der Waals surface area contributed by atoms with Gasteiger partial charge in [0.25, 0.3) is 0 Å². The first kappa shape index (κ1) is 11.7. The Bertz CT molecular complexity index is 299. The lowest BCUT2D eigenvalue weighted by Gasteiger charge is -2.06. The molecule has 0 amide bonds. The predicted octanol–water partition coefficient (Wildman–Crippen LogP) is 1.26. The summed E-state index contributed by atoms with van der Waals surface area (Å²) in [7, 11) is 1.67. The van der Waals surface area contributed by atoms with E-state index in [1.54, 1.807) is 18.9 Å². The third kappa shape index (κ3) is 3.09. The topological polar surface area (TPSA) is 73.1 Å². The molecule has 0 aliphatic carbocycles. The summed E-state index contributed by atoms with van der Waals surface area (Å²) in [5.74, 6) is 6.70. The maximum absolute atomic E-state index is 5.27. The smallest absolute Gasteiger partial charge is 0.158 e. The summed E-state index contributed by atoms with van der Waals surface area (Å²) in [6.07, 6.45) is 1.47. The zero-order valence-corrected chi connectivity index (χ0v) is 10.1. The number of rotatable bonds is 5. The lowest BCUT2D eigenvalue weighted by Crippen LogP contribution is -2.10. The number of ether oxygens (including phenoxy) is 1. The number of nitrogens with zero attached hydrogens (tertiary/aromatic N) is 2. The summed E-state index contributed by atoms with van der Waals surface area (Å²) in [6.45, 7) is 0.687.